The lowest BCUT2D eigenvalue weighted by atomic mass is 10.1. The lowest BCUT2D eigenvalue weighted by Crippen LogP contribution is -2.22. The van der Waals surface area contributed by atoms with Gasteiger partial charge in [0.25, 0.3) is 0 Å². The van der Waals surface area contributed by atoms with E-state index >= 15 is 0 Å². The molecule has 2 aromatic carbocycles. The minimum Gasteiger partial charge on any atom is -0.370 e. The van der Waals surface area contributed by atoms with Gasteiger partial charge in [0.05, 0.1) is 6.54 Å². The number of guanidine groups is 1. The minimum atomic E-state index is -0.220. The quantitative estimate of drug-likeness (QED) is 0.649. The number of benzene rings is 2. The summed E-state index contributed by atoms with van der Waals surface area (Å²) in [6.45, 7) is 2.46. The molecule has 0 fully saturated rings. The predicted molar refractivity (Wildman–Crippen MR) is 93.7 cm³/mol. The van der Waals surface area contributed by atoms with E-state index in [0.717, 1.165) is 22.6 Å². The molecule has 116 valence electrons. The van der Waals surface area contributed by atoms with E-state index in [2.05, 4.69) is 10.3 Å². The second-order valence-corrected chi connectivity index (χ2v) is 5.90. The highest BCUT2D eigenvalue weighted by atomic mass is 32.2. The van der Waals surface area contributed by atoms with Crippen LogP contribution in [0, 0.1) is 12.7 Å². The lowest BCUT2D eigenvalue weighted by molar-refractivity contribution is 0.625. The molecule has 0 heterocycles. The van der Waals surface area contributed by atoms with Gasteiger partial charge in [0, 0.05) is 11.4 Å². The van der Waals surface area contributed by atoms with Crippen LogP contribution in [0.15, 0.2) is 47.5 Å². The number of rotatable bonds is 5. The number of hydrogen-bond donors (Lipinski definition) is 2. The maximum atomic E-state index is 13.3. The average molecular weight is 317 g/mol. The highest BCUT2D eigenvalue weighted by Gasteiger charge is 2.04. The Morgan fingerprint density at radius 2 is 1.91 bits per heavy atom. The van der Waals surface area contributed by atoms with Crippen molar-refractivity contribution in [1.82, 2.24) is 0 Å². The molecule has 0 unspecified atom stereocenters. The van der Waals surface area contributed by atoms with E-state index in [0.29, 0.717) is 12.5 Å². The van der Waals surface area contributed by atoms with Gasteiger partial charge in [0.1, 0.15) is 5.82 Å². The molecule has 22 heavy (non-hydrogen) atoms. The first kappa shape index (κ1) is 16.4. The molecule has 3 N–H and O–H groups in total. The van der Waals surface area contributed by atoms with Gasteiger partial charge in [-0.15, -0.1) is 0 Å². The van der Waals surface area contributed by atoms with Crippen LogP contribution in [0.5, 0.6) is 0 Å². The number of nitrogens with one attached hydrogen (secondary N) is 1. The van der Waals surface area contributed by atoms with Crippen molar-refractivity contribution in [1.29, 1.82) is 0 Å². The number of nitrogens with two attached hydrogens (primary N) is 1. The third kappa shape index (κ3) is 4.77. The van der Waals surface area contributed by atoms with Gasteiger partial charge in [-0.1, -0.05) is 23.8 Å². The van der Waals surface area contributed by atoms with Crippen molar-refractivity contribution in [3.8, 4) is 0 Å². The van der Waals surface area contributed by atoms with Crippen LogP contribution in [0.25, 0.3) is 0 Å². The van der Waals surface area contributed by atoms with E-state index in [1.54, 1.807) is 23.9 Å². The number of anilines is 1. The van der Waals surface area contributed by atoms with Crippen LogP contribution in [-0.2, 0) is 12.3 Å². The van der Waals surface area contributed by atoms with E-state index < -0.39 is 0 Å². The first-order valence-electron chi connectivity index (χ1n) is 6.98. The summed E-state index contributed by atoms with van der Waals surface area (Å²) in [4.78, 5) is 4.34. The molecule has 0 spiro atoms. The SMILES string of the molecule is CSCc1cc(F)ccc1CN=C(N)Nc1ccc(C)cc1. The van der Waals surface area contributed by atoms with Crippen LogP contribution in [0.1, 0.15) is 16.7 Å². The van der Waals surface area contributed by atoms with Gasteiger partial charge < -0.3 is 11.1 Å². The summed E-state index contributed by atoms with van der Waals surface area (Å²) in [7, 11) is 0. The highest BCUT2D eigenvalue weighted by Crippen LogP contribution is 2.17. The van der Waals surface area contributed by atoms with Gasteiger partial charge in [-0.05, 0) is 48.6 Å². The van der Waals surface area contributed by atoms with Crippen LogP contribution < -0.4 is 11.1 Å². The average Bonchev–Trinajstić information content (AvgIpc) is 2.49. The molecule has 0 bridgehead atoms. The van der Waals surface area contributed by atoms with Crippen LogP contribution >= 0.6 is 11.8 Å². The standard InChI is InChI=1S/C17H20FN3S/c1-12-3-7-16(8-4-12)21-17(19)20-10-13-5-6-15(18)9-14(13)11-22-2/h3-9H,10-11H2,1-2H3,(H3,19,20,21). The zero-order chi connectivity index (χ0) is 15.9. The zero-order valence-corrected chi connectivity index (χ0v) is 13.6. The second-order valence-electron chi connectivity index (χ2n) is 5.04. The largest absolute Gasteiger partial charge is 0.370 e. The van der Waals surface area contributed by atoms with Gasteiger partial charge >= 0.3 is 0 Å². The summed E-state index contributed by atoms with van der Waals surface area (Å²) in [5.74, 6) is 0.888. The maximum Gasteiger partial charge on any atom is 0.193 e. The fourth-order valence-corrected chi connectivity index (χ4v) is 2.61. The van der Waals surface area contributed by atoms with Crippen LogP contribution in [0.2, 0.25) is 0 Å². The fraction of sp³-hybridized carbons (Fsp3) is 0.235. The van der Waals surface area contributed by atoms with Gasteiger partial charge in [0.2, 0.25) is 0 Å². The second kappa shape index (κ2) is 7.84. The molecule has 0 radical (unpaired) electrons. The van der Waals surface area contributed by atoms with Crippen molar-refractivity contribution in [2.75, 3.05) is 11.6 Å². The molecule has 0 aliphatic rings. The van der Waals surface area contributed by atoms with Crippen LogP contribution in [0.3, 0.4) is 0 Å². The molecule has 0 amide bonds. The Morgan fingerprint density at radius 1 is 1.18 bits per heavy atom. The third-order valence-electron chi connectivity index (χ3n) is 3.21. The Balaban J connectivity index is 2.05. The van der Waals surface area contributed by atoms with E-state index in [4.69, 9.17) is 5.73 Å². The number of halogens is 1. The first-order chi connectivity index (χ1) is 10.6. The van der Waals surface area contributed by atoms with Crippen molar-refractivity contribution in [3.63, 3.8) is 0 Å². The van der Waals surface area contributed by atoms with Crippen molar-refractivity contribution >= 4 is 23.4 Å². The Hall–Kier alpha value is -2.01. The highest BCUT2D eigenvalue weighted by molar-refractivity contribution is 7.97. The summed E-state index contributed by atoms with van der Waals surface area (Å²) >= 11 is 1.65. The number of hydrogen-bond acceptors (Lipinski definition) is 2. The minimum absolute atomic E-state index is 0.220. The van der Waals surface area contributed by atoms with E-state index in [1.807, 2.05) is 37.4 Å². The maximum absolute atomic E-state index is 13.3. The lowest BCUT2D eigenvalue weighted by Gasteiger charge is -2.09. The monoisotopic (exact) mass is 317 g/mol. The first-order valence-corrected chi connectivity index (χ1v) is 8.37. The number of aliphatic imine (C=N–C) groups is 1. The molecule has 0 saturated carbocycles. The molecule has 5 heteroatoms. The summed E-state index contributed by atoms with van der Waals surface area (Å²) in [5, 5.41) is 3.05. The molecule has 0 aliphatic carbocycles. The molecule has 0 aromatic heterocycles. The molecule has 2 aromatic rings. The number of aryl methyl sites for hydroxylation is 1. The topological polar surface area (TPSA) is 50.4 Å². The Bertz CT molecular complexity index is 653. The molecule has 2 rings (SSSR count). The van der Waals surface area contributed by atoms with E-state index in [1.165, 1.54) is 11.6 Å². The Kier molecular flexibility index (Phi) is 5.83. The van der Waals surface area contributed by atoms with Crippen molar-refractivity contribution in [3.05, 3.63) is 65.0 Å². The molecule has 3 nitrogen and oxygen atoms in total. The fourth-order valence-electron chi connectivity index (χ4n) is 2.03. The van der Waals surface area contributed by atoms with E-state index in [-0.39, 0.29) is 5.82 Å². The summed E-state index contributed by atoms with van der Waals surface area (Å²) in [6.07, 6.45) is 1.99. The third-order valence-corrected chi connectivity index (χ3v) is 3.81. The van der Waals surface area contributed by atoms with Crippen LogP contribution in [0.4, 0.5) is 10.1 Å². The smallest absolute Gasteiger partial charge is 0.193 e. The molecular weight excluding hydrogens is 297 g/mol. The summed E-state index contributed by atoms with van der Waals surface area (Å²) < 4.78 is 13.3. The van der Waals surface area contributed by atoms with Crippen molar-refractivity contribution < 1.29 is 4.39 Å². The number of thioether (sulfide) groups is 1. The Labute approximate surface area is 134 Å². The number of nitrogens with zero attached hydrogens (tertiary/aromatic N) is 1. The zero-order valence-electron chi connectivity index (χ0n) is 12.8. The molecule has 0 saturated heterocycles. The van der Waals surface area contributed by atoms with Gasteiger partial charge in [-0.3, -0.25) is 0 Å². The van der Waals surface area contributed by atoms with Crippen LogP contribution in [-0.4, -0.2) is 12.2 Å². The van der Waals surface area contributed by atoms with Crippen molar-refractivity contribution in [2.45, 2.75) is 19.2 Å². The summed E-state index contributed by atoms with van der Waals surface area (Å²) in [6, 6.07) is 12.7. The Morgan fingerprint density at radius 3 is 2.59 bits per heavy atom. The van der Waals surface area contributed by atoms with Gasteiger partial charge in [0.15, 0.2) is 5.96 Å². The molecule has 0 atom stereocenters. The normalized spacial score (nSPS) is 11.5. The summed E-state index contributed by atoms with van der Waals surface area (Å²) in [5.41, 5.74) is 9.94. The van der Waals surface area contributed by atoms with E-state index in [9.17, 15) is 4.39 Å². The molecule has 0 aliphatic heterocycles. The predicted octanol–water partition coefficient (Wildman–Crippen LogP) is 3.92. The van der Waals surface area contributed by atoms with Gasteiger partial charge in [-0.25, -0.2) is 9.38 Å². The van der Waals surface area contributed by atoms with Gasteiger partial charge in [-0.2, -0.15) is 11.8 Å². The van der Waals surface area contributed by atoms with Crippen molar-refractivity contribution in [2.24, 2.45) is 10.7 Å². The molecular formula is C17H20FN3S.